The van der Waals surface area contributed by atoms with Crippen LogP contribution in [0.4, 0.5) is 5.82 Å². The van der Waals surface area contributed by atoms with Gasteiger partial charge < -0.3 is 10.1 Å². The number of benzene rings is 1. The number of ether oxygens (including phenoxy) is 1. The van der Waals surface area contributed by atoms with Crippen molar-refractivity contribution in [2.45, 2.75) is 32.0 Å². The number of hydrogen-bond donors (Lipinski definition) is 3. The lowest BCUT2D eigenvalue weighted by molar-refractivity contribution is 0.415. The standard InChI is InChI=1S/C20H26N5O2PS/c1-13-6-7-24-28(26,25-13)17(11-23-20-12-21-14(2)10-22-20)19-8-15-4-5-16(27-3)9-18(15)29-19/h4-5,8-10,12-13,17H,6-7,11H2,1-3H3,(H,22,23)(H2,24,25,26)/t13-,17?,28?/m1/s1. The second-order valence-corrected chi connectivity index (χ2v) is 11.0. The molecule has 1 aliphatic rings. The number of rotatable bonds is 6. The maximum absolute atomic E-state index is 13.9. The van der Waals surface area contributed by atoms with E-state index in [-0.39, 0.29) is 11.7 Å². The normalized spacial score (nSPS) is 23.1. The van der Waals surface area contributed by atoms with Crippen molar-refractivity contribution in [2.24, 2.45) is 0 Å². The predicted molar refractivity (Wildman–Crippen MR) is 119 cm³/mol. The summed E-state index contributed by atoms with van der Waals surface area (Å²) in [4.78, 5) is 9.73. The van der Waals surface area contributed by atoms with Crippen LogP contribution in [0.15, 0.2) is 36.7 Å². The van der Waals surface area contributed by atoms with E-state index < -0.39 is 7.44 Å². The van der Waals surface area contributed by atoms with Crippen molar-refractivity contribution < 1.29 is 9.30 Å². The Labute approximate surface area is 174 Å². The SMILES string of the molecule is COc1ccc2cc(C(CNc3cnc(C)cn3)P3(=O)NCC[C@@H](C)N3)sc2c1. The van der Waals surface area contributed by atoms with Crippen LogP contribution in [0.2, 0.25) is 0 Å². The smallest absolute Gasteiger partial charge is 0.221 e. The molecule has 4 rings (SSSR count). The number of nitrogens with one attached hydrogen (secondary N) is 3. The maximum Gasteiger partial charge on any atom is 0.221 e. The van der Waals surface area contributed by atoms with Crippen molar-refractivity contribution >= 4 is 34.7 Å². The molecule has 0 aliphatic carbocycles. The van der Waals surface area contributed by atoms with Gasteiger partial charge >= 0.3 is 0 Å². The molecule has 29 heavy (non-hydrogen) atoms. The lowest BCUT2D eigenvalue weighted by Gasteiger charge is -2.35. The summed E-state index contributed by atoms with van der Waals surface area (Å²) in [6.07, 6.45) is 4.39. The Morgan fingerprint density at radius 1 is 1.34 bits per heavy atom. The van der Waals surface area contributed by atoms with Crippen LogP contribution in [0.3, 0.4) is 0 Å². The number of nitrogens with zero attached hydrogens (tertiary/aromatic N) is 2. The molecule has 2 unspecified atom stereocenters. The number of anilines is 1. The molecule has 3 N–H and O–H groups in total. The molecule has 3 aromatic rings. The van der Waals surface area contributed by atoms with Gasteiger partial charge in [-0.25, -0.2) is 4.98 Å². The molecule has 154 valence electrons. The quantitative estimate of drug-likeness (QED) is 0.501. The van der Waals surface area contributed by atoms with Gasteiger partial charge in [0, 0.05) is 28.7 Å². The summed E-state index contributed by atoms with van der Waals surface area (Å²) in [6.45, 7) is 5.22. The van der Waals surface area contributed by atoms with Gasteiger partial charge in [-0.05, 0) is 49.9 Å². The van der Waals surface area contributed by atoms with Crippen LogP contribution in [0.5, 0.6) is 5.75 Å². The van der Waals surface area contributed by atoms with E-state index in [0.717, 1.165) is 39.4 Å². The summed E-state index contributed by atoms with van der Waals surface area (Å²) < 4.78 is 20.4. The molecular weight excluding hydrogens is 405 g/mol. The Kier molecular flexibility index (Phi) is 5.88. The van der Waals surface area contributed by atoms with Crippen LogP contribution in [-0.4, -0.2) is 36.2 Å². The zero-order chi connectivity index (χ0) is 20.4. The number of methoxy groups -OCH3 is 1. The summed E-state index contributed by atoms with van der Waals surface area (Å²) in [5, 5.41) is 11.1. The number of aromatic nitrogens is 2. The molecular formula is C20H26N5O2PS. The van der Waals surface area contributed by atoms with Crippen LogP contribution >= 0.6 is 18.8 Å². The highest BCUT2D eigenvalue weighted by Gasteiger charge is 2.38. The van der Waals surface area contributed by atoms with Gasteiger partial charge in [0.25, 0.3) is 0 Å². The highest BCUT2D eigenvalue weighted by atomic mass is 32.1. The minimum atomic E-state index is -2.85. The zero-order valence-corrected chi connectivity index (χ0v) is 18.5. The molecule has 9 heteroatoms. The van der Waals surface area contributed by atoms with E-state index >= 15 is 0 Å². The van der Waals surface area contributed by atoms with Crippen molar-refractivity contribution in [1.29, 1.82) is 0 Å². The van der Waals surface area contributed by atoms with Gasteiger partial charge in [0.1, 0.15) is 11.6 Å². The highest BCUT2D eigenvalue weighted by Crippen LogP contribution is 2.56. The van der Waals surface area contributed by atoms with E-state index in [1.807, 2.05) is 25.1 Å². The summed E-state index contributed by atoms with van der Waals surface area (Å²) in [6, 6.07) is 8.37. The van der Waals surface area contributed by atoms with Gasteiger partial charge in [-0.1, -0.05) is 0 Å². The van der Waals surface area contributed by atoms with E-state index in [0.29, 0.717) is 12.4 Å². The van der Waals surface area contributed by atoms with Crippen LogP contribution in [0.1, 0.15) is 29.6 Å². The third-order valence-corrected chi connectivity index (χ3v) is 9.35. The Balaban J connectivity index is 1.67. The lowest BCUT2D eigenvalue weighted by Crippen LogP contribution is -2.41. The third-order valence-electron chi connectivity index (χ3n) is 5.11. The summed E-state index contributed by atoms with van der Waals surface area (Å²) >= 11 is 1.66. The topological polar surface area (TPSA) is 88.2 Å². The molecule has 3 atom stereocenters. The van der Waals surface area contributed by atoms with Crippen LogP contribution in [0.25, 0.3) is 10.1 Å². The second kappa shape index (κ2) is 8.40. The largest absolute Gasteiger partial charge is 0.497 e. The first-order valence-electron chi connectivity index (χ1n) is 9.69. The first-order chi connectivity index (χ1) is 14.0. The van der Waals surface area contributed by atoms with Gasteiger partial charge in [-0.15, -0.1) is 11.3 Å². The molecule has 0 amide bonds. The van der Waals surface area contributed by atoms with Crippen molar-refractivity contribution in [1.82, 2.24) is 20.1 Å². The molecule has 2 aromatic heterocycles. The average molecular weight is 432 g/mol. The predicted octanol–water partition coefficient (Wildman–Crippen LogP) is 4.33. The molecule has 0 radical (unpaired) electrons. The lowest BCUT2D eigenvalue weighted by atomic mass is 10.2. The first kappa shape index (κ1) is 20.3. The molecule has 1 aromatic carbocycles. The van der Waals surface area contributed by atoms with E-state index in [2.05, 4.69) is 38.4 Å². The highest BCUT2D eigenvalue weighted by molar-refractivity contribution is 7.60. The molecule has 0 spiro atoms. The molecule has 1 aliphatic heterocycles. The minimum absolute atomic E-state index is 0.207. The van der Waals surface area contributed by atoms with Crippen LogP contribution in [-0.2, 0) is 4.57 Å². The van der Waals surface area contributed by atoms with Gasteiger partial charge in [0.2, 0.25) is 7.44 Å². The van der Waals surface area contributed by atoms with E-state index in [9.17, 15) is 4.57 Å². The fraction of sp³-hybridized carbons (Fsp3) is 0.400. The summed E-state index contributed by atoms with van der Waals surface area (Å²) in [5.41, 5.74) is 0.638. The van der Waals surface area contributed by atoms with Gasteiger partial charge in [0.15, 0.2) is 0 Å². The molecule has 0 saturated carbocycles. The van der Waals surface area contributed by atoms with E-state index in [1.54, 1.807) is 30.8 Å². The van der Waals surface area contributed by atoms with E-state index in [4.69, 9.17) is 4.74 Å². The maximum atomic E-state index is 13.9. The van der Waals surface area contributed by atoms with Gasteiger partial charge in [-0.3, -0.25) is 19.7 Å². The number of aryl methyl sites for hydroxylation is 1. The van der Waals surface area contributed by atoms with Gasteiger partial charge in [-0.2, -0.15) is 0 Å². The van der Waals surface area contributed by atoms with Crippen LogP contribution < -0.4 is 20.2 Å². The monoisotopic (exact) mass is 431 g/mol. The fourth-order valence-corrected chi connectivity index (χ4v) is 7.70. The van der Waals surface area contributed by atoms with E-state index in [1.165, 1.54) is 0 Å². The van der Waals surface area contributed by atoms with Crippen molar-refractivity contribution in [3.63, 3.8) is 0 Å². The number of hydrogen-bond acceptors (Lipinski definition) is 6. The molecule has 1 fully saturated rings. The third kappa shape index (κ3) is 4.46. The number of thiophene rings is 1. The zero-order valence-electron chi connectivity index (χ0n) is 16.8. The molecule has 0 bridgehead atoms. The summed E-state index contributed by atoms with van der Waals surface area (Å²) in [7, 11) is -1.19. The fourth-order valence-electron chi connectivity index (χ4n) is 3.50. The Hall–Kier alpha value is -1.99. The van der Waals surface area contributed by atoms with Crippen molar-refractivity contribution in [2.75, 3.05) is 25.5 Å². The second-order valence-electron chi connectivity index (χ2n) is 7.38. The molecule has 7 nitrogen and oxygen atoms in total. The van der Waals surface area contributed by atoms with Crippen molar-refractivity contribution in [3.05, 3.63) is 47.2 Å². The van der Waals surface area contributed by atoms with Gasteiger partial charge in [0.05, 0.1) is 30.9 Å². The molecule has 3 heterocycles. The summed E-state index contributed by atoms with van der Waals surface area (Å²) in [5.74, 6) is 1.50. The minimum Gasteiger partial charge on any atom is -0.497 e. The molecule has 1 saturated heterocycles. The average Bonchev–Trinajstić information content (AvgIpc) is 3.11. The Morgan fingerprint density at radius 2 is 2.21 bits per heavy atom. The Bertz CT molecular complexity index is 1040. The Morgan fingerprint density at radius 3 is 2.93 bits per heavy atom. The van der Waals surface area contributed by atoms with Crippen molar-refractivity contribution in [3.8, 4) is 5.75 Å². The van der Waals surface area contributed by atoms with Crippen LogP contribution in [0, 0.1) is 6.92 Å². The number of fused-ring (bicyclic) bond motifs is 1. The first-order valence-corrected chi connectivity index (χ1v) is 12.3.